The number of hydrogen-bond acceptors (Lipinski definition) is 3. The molecule has 16 heavy (non-hydrogen) atoms. The molecule has 1 rings (SSSR count). The molecule has 1 aliphatic rings. The van der Waals surface area contributed by atoms with Crippen LogP contribution in [0, 0.1) is 11.3 Å². The Balaban J connectivity index is 2.44. The van der Waals surface area contributed by atoms with E-state index in [0.29, 0.717) is 18.0 Å². The zero-order valence-corrected chi connectivity index (χ0v) is 11.3. The molecule has 0 saturated heterocycles. The third kappa shape index (κ3) is 2.96. The van der Waals surface area contributed by atoms with Crippen molar-refractivity contribution in [1.82, 2.24) is 5.32 Å². The molecule has 0 spiro atoms. The first kappa shape index (κ1) is 13.9. The predicted molar refractivity (Wildman–Crippen MR) is 66.4 cm³/mol. The fourth-order valence-corrected chi connectivity index (χ4v) is 2.12. The highest BCUT2D eigenvalue weighted by Gasteiger charge is 2.47. The van der Waals surface area contributed by atoms with Crippen molar-refractivity contribution in [2.24, 2.45) is 11.3 Å². The lowest BCUT2D eigenvalue weighted by atomic mass is 9.64. The van der Waals surface area contributed by atoms with Crippen molar-refractivity contribution >= 4 is 0 Å². The SMILES string of the molecule is CCOCC(NC1CC(O)C1(C)C)C(C)C. The molecule has 3 heteroatoms. The van der Waals surface area contributed by atoms with Gasteiger partial charge in [0.2, 0.25) is 0 Å². The van der Waals surface area contributed by atoms with E-state index < -0.39 is 0 Å². The highest BCUT2D eigenvalue weighted by molar-refractivity contribution is 5.02. The third-order valence-corrected chi connectivity index (χ3v) is 3.94. The maximum Gasteiger partial charge on any atom is 0.0622 e. The molecular weight excluding hydrogens is 202 g/mol. The molecule has 0 radical (unpaired) electrons. The van der Waals surface area contributed by atoms with Crippen LogP contribution in [0.25, 0.3) is 0 Å². The van der Waals surface area contributed by atoms with Crippen molar-refractivity contribution in [3.8, 4) is 0 Å². The summed E-state index contributed by atoms with van der Waals surface area (Å²) in [5, 5.41) is 13.3. The van der Waals surface area contributed by atoms with Crippen molar-refractivity contribution in [2.75, 3.05) is 13.2 Å². The molecule has 3 atom stereocenters. The lowest BCUT2D eigenvalue weighted by Gasteiger charge is -2.51. The van der Waals surface area contributed by atoms with E-state index in [-0.39, 0.29) is 11.5 Å². The molecule has 0 bridgehead atoms. The molecular formula is C13H27NO2. The van der Waals surface area contributed by atoms with Gasteiger partial charge >= 0.3 is 0 Å². The first-order chi connectivity index (χ1) is 7.39. The molecule has 0 amide bonds. The van der Waals surface area contributed by atoms with Crippen molar-refractivity contribution in [3.63, 3.8) is 0 Å². The summed E-state index contributed by atoms with van der Waals surface area (Å²) in [6.45, 7) is 12.2. The Morgan fingerprint density at radius 3 is 2.44 bits per heavy atom. The summed E-state index contributed by atoms with van der Waals surface area (Å²) in [6, 6.07) is 0.798. The first-order valence-corrected chi connectivity index (χ1v) is 6.41. The van der Waals surface area contributed by atoms with Crippen molar-refractivity contribution in [2.45, 2.75) is 59.2 Å². The fourth-order valence-electron chi connectivity index (χ4n) is 2.12. The Labute approximate surface area is 99.6 Å². The maximum atomic E-state index is 9.70. The topological polar surface area (TPSA) is 41.5 Å². The number of nitrogens with one attached hydrogen (secondary N) is 1. The minimum absolute atomic E-state index is 0.000640. The summed E-state index contributed by atoms with van der Waals surface area (Å²) < 4.78 is 5.50. The Morgan fingerprint density at radius 1 is 1.44 bits per heavy atom. The standard InChI is InChI=1S/C13H27NO2/c1-6-16-8-10(9(2)3)14-11-7-12(15)13(11,4)5/h9-12,14-15H,6-8H2,1-5H3. The molecule has 1 saturated carbocycles. The van der Waals surface area contributed by atoms with Gasteiger partial charge < -0.3 is 15.2 Å². The van der Waals surface area contributed by atoms with Crippen LogP contribution in [0.15, 0.2) is 0 Å². The summed E-state index contributed by atoms with van der Waals surface area (Å²) >= 11 is 0. The Bertz CT molecular complexity index is 216. The molecule has 2 N–H and O–H groups in total. The smallest absolute Gasteiger partial charge is 0.0622 e. The minimum Gasteiger partial charge on any atom is -0.392 e. The minimum atomic E-state index is -0.162. The molecule has 3 unspecified atom stereocenters. The first-order valence-electron chi connectivity index (χ1n) is 6.41. The van der Waals surface area contributed by atoms with Crippen LogP contribution in [0.3, 0.4) is 0 Å². The van der Waals surface area contributed by atoms with Crippen LogP contribution in [0.1, 0.15) is 41.0 Å². The van der Waals surface area contributed by atoms with Crippen LogP contribution in [0.2, 0.25) is 0 Å². The predicted octanol–water partition coefficient (Wildman–Crippen LogP) is 1.80. The average molecular weight is 229 g/mol. The number of aliphatic hydroxyl groups is 1. The highest BCUT2D eigenvalue weighted by atomic mass is 16.5. The van der Waals surface area contributed by atoms with Gasteiger partial charge in [0.25, 0.3) is 0 Å². The zero-order chi connectivity index (χ0) is 12.3. The molecule has 0 aromatic heterocycles. The fraction of sp³-hybridized carbons (Fsp3) is 1.00. The average Bonchev–Trinajstić information content (AvgIpc) is 2.22. The molecule has 0 aliphatic heterocycles. The Kier molecular flexibility index (Phi) is 4.77. The van der Waals surface area contributed by atoms with Gasteiger partial charge in [-0.05, 0) is 19.3 Å². The van der Waals surface area contributed by atoms with Gasteiger partial charge in [-0.25, -0.2) is 0 Å². The van der Waals surface area contributed by atoms with Crippen LogP contribution < -0.4 is 5.32 Å². The lowest BCUT2D eigenvalue weighted by Crippen LogP contribution is -2.63. The van der Waals surface area contributed by atoms with E-state index >= 15 is 0 Å². The quantitative estimate of drug-likeness (QED) is 0.729. The van der Waals surface area contributed by atoms with Gasteiger partial charge in [-0.15, -0.1) is 0 Å². The highest BCUT2D eigenvalue weighted by Crippen LogP contribution is 2.40. The lowest BCUT2D eigenvalue weighted by molar-refractivity contribution is -0.0807. The second kappa shape index (κ2) is 5.48. The molecule has 0 aromatic carbocycles. The van der Waals surface area contributed by atoms with Crippen LogP contribution in [-0.4, -0.2) is 36.5 Å². The molecule has 0 heterocycles. The van der Waals surface area contributed by atoms with E-state index in [9.17, 15) is 5.11 Å². The monoisotopic (exact) mass is 229 g/mol. The van der Waals surface area contributed by atoms with Crippen LogP contribution in [0.4, 0.5) is 0 Å². The van der Waals surface area contributed by atoms with Crippen molar-refractivity contribution < 1.29 is 9.84 Å². The molecule has 0 aromatic rings. The van der Waals surface area contributed by atoms with Crippen molar-refractivity contribution in [1.29, 1.82) is 0 Å². The van der Waals surface area contributed by atoms with Gasteiger partial charge in [0.1, 0.15) is 0 Å². The summed E-state index contributed by atoms with van der Waals surface area (Å²) in [6.07, 6.45) is 0.701. The van der Waals surface area contributed by atoms with Crippen LogP contribution in [0.5, 0.6) is 0 Å². The Hall–Kier alpha value is -0.120. The van der Waals surface area contributed by atoms with E-state index in [4.69, 9.17) is 4.74 Å². The molecule has 3 nitrogen and oxygen atoms in total. The third-order valence-electron chi connectivity index (χ3n) is 3.94. The van der Waals surface area contributed by atoms with Gasteiger partial charge in [0.05, 0.1) is 12.7 Å². The molecule has 1 fully saturated rings. The van der Waals surface area contributed by atoms with Crippen LogP contribution >= 0.6 is 0 Å². The van der Waals surface area contributed by atoms with E-state index in [0.717, 1.165) is 19.6 Å². The molecule has 1 aliphatic carbocycles. The second-order valence-corrected chi connectivity index (χ2v) is 5.80. The van der Waals surface area contributed by atoms with Crippen LogP contribution in [-0.2, 0) is 4.74 Å². The number of aliphatic hydroxyl groups excluding tert-OH is 1. The summed E-state index contributed by atoms with van der Waals surface area (Å²) in [5.74, 6) is 0.556. The van der Waals surface area contributed by atoms with Gasteiger partial charge in [-0.3, -0.25) is 0 Å². The van der Waals surface area contributed by atoms with Gasteiger partial charge in [0, 0.05) is 24.1 Å². The summed E-state index contributed by atoms with van der Waals surface area (Å²) in [7, 11) is 0. The van der Waals surface area contributed by atoms with E-state index in [1.165, 1.54) is 0 Å². The summed E-state index contributed by atoms with van der Waals surface area (Å²) in [4.78, 5) is 0. The van der Waals surface area contributed by atoms with Gasteiger partial charge in [0.15, 0.2) is 0 Å². The zero-order valence-electron chi connectivity index (χ0n) is 11.3. The second-order valence-electron chi connectivity index (χ2n) is 5.80. The van der Waals surface area contributed by atoms with Crippen molar-refractivity contribution in [3.05, 3.63) is 0 Å². The Morgan fingerprint density at radius 2 is 2.06 bits per heavy atom. The van der Waals surface area contributed by atoms with E-state index in [2.05, 4.69) is 33.0 Å². The van der Waals surface area contributed by atoms with Gasteiger partial charge in [-0.2, -0.15) is 0 Å². The number of ether oxygens (including phenoxy) is 1. The van der Waals surface area contributed by atoms with Gasteiger partial charge in [-0.1, -0.05) is 27.7 Å². The van der Waals surface area contributed by atoms with E-state index in [1.54, 1.807) is 0 Å². The number of rotatable bonds is 6. The molecule has 96 valence electrons. The van der Waals surface area contributed by atoms with E-state index in [1.807, 2.05) is 6.92 Å². The maximum absolute atomic E-state index is 9.70. The summed E-state index contributed by atoms with van der Waals surface area (Å²) in [5.41, 5.74) is -0.000640. The largest absolute Gasteiger partial charge is 0.392 e. The number of hydrogen-bond donors (Lipinski definition) is 2. The normalized spacial score (nSPS) is 30.2.